The molecular formula is C16H14ClF3N2O2S. The lowest BCUT2D eigenvalue weighted by Gasteiger charge is -2.18. The van der Waals surface area contributed by atoms with E-state index in [1.54, 1.807) is 0 Å². The number of alkyl halides is 3. The van der Waals surface area contributed by atoms with E-state index in [0.717, 1.165) is 41.5 Å². The minimum absolute atomic E-state index is 0.0834. The first-order chi connectivity index (χ1) is 11.7. The molecule has 0 atom stereocenters. The van der Waals surface area contributed by atoms with Crippen LogP contribution in [0.4, 0.5) is 13.2 Å². The third-order valence-electron chi connectivity index (χ3n) is 3.98. The van der Waals surface area contributed by atoms with Gasteiger partial charge in [-0.05, 0) is 43.4 Å². The Balaban J connectivity index is 2.14. The summed E-state index contributed by atoms with van der Waals surface area (Å²) < 4.78 is 40.9. The fourth-order valence-corrected chi connectivity index (χ4v) is 3.92. The molecule has 0 aliphatic heterocycles. The molecule has 0 unspecified atom stereocenters. The topological polar surface area (TPSA) is 55.1 Å². The predicted octanol–water partition coefficient (Wildman–Crippen LogP) is 4.42. The lowest BCUT2D eigenvalue weighted by atomic mass is 10.1. The summed E-state index contributed by atoms with van der Waals surface area (Å²) in [4.78, 5) is 12.2. The standard InChI is InChI=1S/C16H14ClF3N2O2S/c1-8-12(22-15(24)13(23)11(17)6-21-22)5-4-10(16(18,19)20)14(8)25-7-9-2-3-9/h4-6,9,23H,2-3,7H2,1H3. The first-order valence-corrected chi connectivity index (χ1v) is 8.87. The Hall–Kier alpha value is -1.67. The molecule has 0 spiro atoms. The zero-order valence-corrected chi connectivity index (χ0v) is 14.7. The molecule has 1 aromatic carbocycles. The Morgan fingerprint density at radius 2 is 2.08 bits per heavy atom. The molecule has 1 fully saturated rings. The van der Waals surface area contributed by atoms with Crippen LogP contribution in [0.1, 0.15) is 24.0 Å². The summed E-state index contributed by atoms with van der Waals surface area (Å²) in [5, 5.41) is 13.3. The van der Waals surface area contributed by atoms with Crippen LogP contribution in [0, 0.1) is 12.8 Å². The molecule has 25 heavy (non-hydrogen) atoms. The van der Waals surface area contributed by atoms with Crippen LogP contribution in [0.3, 0.4) is 0 Å². The first-order valence-electron chi connectivity index (χ1n) is 7.51. The van der Waals surface area contributed by atoms with Crippen LogP contribution in [0.5, 0.6) is 5.75 Å². The minimum atomic E-state index is -4.49. The second-order valence-corrected chi connectivity index (χ2v) is 7.33. The summed E-state index contributed by atoms with van der Waals surface area (Å²) in [5.74, 6) is 0.347. The Bertz CT molecular complexity index is 879. The molecule has 0 saturated heterocycles. The number of hydrogen-bond acceptors (Lipinski definition) is 4. The lowest BCUT2D eigenvalue weighted by molar-refractivity contribution is -0.139. The molecule has 0 amide bonds. The van der Waals surface area contributed by atoms with E-state index >= 15 is 0 Å². The smallest absolute Gasteiger partial charge is 0.417 e. The van der Waals surface area contributed by atoms with Gasteiger partial charge < -0.3 is 5.11 Å². The molecule has 9 heteroatoms. The quantitative estimate of drug-likeness (QED) is 0.785. The van der Waals surface area contributed by atoms with Crippen molar-refractivity contribution in [2.24, 2.45) is 5.92 Å². The van der Waals surface area contributed by atoms with Crippen molar-refractivity contribution in [2.45, 2.75) is 30.8 Å². The van der Waals surface area contributed by atoms with Gasteiger partial charge in [-0.15, -0.1) is 11.8 Å². The molecule has 4 nitrogen and oxygen atoms in total. The highest BCUT2D eigenvalue weighted by Crippen LogP contribution is 2.43. The maximum atomic E-state index is 13.3. The SMILES string of the molecule is Cc1c(-n2ncc(Cl)c(O)c2=O)ccc(C(F)(F)F)c1SCC1CC1. The van der Waals surface area contributed by atoms with Crippen LogP contribution in [-0.4, -0.2) is 20.6 Å². The largest absolute Gasteiger partial charge is 0.502 e. The van der Waals surface area contributed by atoms with Crippen molar-refractivity contribution in [3.63, 3.8) is 0 Å². The van der Waals surface area contributed by atoms with Gasteiger partial charge in [-0.1, -0.05) is 11.6 Å². The number of halogens is 4. The molecule has 0 bridgehead atoms. The van der Waals surface area contributed by atoms with E-state index < -0.39 is 23.0 Å². The number of aromatic nitrogens is 2. The van der Waals surface area contributed by atoms with Crippen LogP contribution in [0.25, 0.3) is 5.69 Å². The summed E-state index contributed by atoms with van der Waals surface area (Å²) in [6.45, 7) is 1.51. The van der Waals surface area contributed by atoms with Gasteiger partial charge in [0.1, 0.15) is 5.02 Å². The highest BCUT2D eigenvalue weighted by atomic mass is 35.5. The van der Waals surface area contributed by atoms with E-state index in [4.69, 9.17) is 11.6 Å². The maximum absolute atomic E-state index is 13.3. The third-order valence-corrected chi connectivity index (χ3v) is 5.71. The summed E-state index contributed by atoms with van der Waals surface area (Å²) in [6, 6.07) is 2.12. The van der Waals surface area contributed by atoms with Gasteiger partial charge in [-0.3, -0.25) is 4.79 Å². The van der Waals surface area contributed by atoms with Crippen molar-refractivity contribution >= 4 is 23.4 Å². The van der Waals surface area contributed by atoms with Crippen molar-refractivity contribution in [2.75, 3.05) is 5.75 Å². The van der Waals surface area contributed by atoms with Crippen molar-refractivity contribution in [3.8, 4) is 11.4 Å². The average molecular weight is 391 g/mol. The van der Waals surface area contributed by atoms with Crippen molar-refractivity contribution in [1.29, 1.82) is 0 Å². The van der Waals surface area contributed by atoms with Gasteiger partial charge >= 0.3 is 11.7 Å². The van der Waals surface area contributed by atoms with Gasteiger partial charge in [0.05, 0.1) is 17.4 Å². The monoisotopic (exact) mass is 390 g/mol. The van der Waals surface area contributed by atoms with Gasteiger partial charge in [0, 0.05) is 10.6 Å². The molecule has 1 saturated carbocycles. The van der Waals surface area contributed by atoms with Gasteiger partial charge in [-0.25, -0.2) is 0 Å². The van der Waals surface area contributed by atoms with Crippen LogP contribution in [0.2, 0.25) is 5.02 Å². The zero-order chi connectivity index (χ0) is 18.4. The molecule has 1 aliphatic carbocycles. The second-order valence-electron chi connectivity index (χ2n) is 5.90. The molecular weight excluding hydrogens is 377 g/mol. The van der Waals surface area contributed by atoms with Crippen LogP contribution >= 0.6 is 23.4 Å². The maximum Gasteiger partial charge on any atom is 0.417 e. The Labute approximate surface area is 150 Å². The third kappa shape index (κ3) is 3.64. The van der Waals surface area contributed by atoms with E-state index in [-0.39, 0.29) is 21.2 Å². The molecule has 0 radical (unpaired) electrons. The molecule has 134 valence electrons. The van der Waals surface area contributed by atoms with Gasteiger partial charge in [0.25, 0.3) is 0 Å². The van der Waals surface area contributed by atoms with E-state index in [9.17, 15) is 23.1 Å². The van der Waals surface area contributed by atoms with Crippen molar-refractivity contribution < 1.29 is 18.3 Å². The van der Waals surface area contributed by atoms with Crippen LogP contribution in [0.15, 0.2) is 28.0 Å². The number of benzene rings is 1. The summed E-state index contributed by atoms with van der Waals surface area (Å²) >= 11 is 6.78. The molecule has 1 heterocycles. The molecule has 1 aromatic heterocycles. The number of aromatic hydroxyl groups is 1. The number of thioether (sulfide) groups is 1. The fourth-order valence-electron chi connectivity index (χ4n) is 2.40. The minimum Gasteiger partial charge on any atom is -0.502 e. The Morgan fingerprint density at radius 3 is 2.68 bits per heavy atom. The van der Waals surface area contributed by atoms with Crippen molar-refractivity contribution in [1.82, 2.24) is 9.78 Å². The molecule has 1 aliphatic rings. The van der Waals surface area contributed by atoms with Crippen molar-refractivity contribution in [3.05, 3.63) is 44.8 Å². The Kier molecular flexibility index (Phi) is 4.76. The summed E-state index contributed by atoms with van der Waals surface area (Å²) in [7, 11) is 0. The fraction of sp³-hybridized carbons (Fsp3) is 0.375. The number of rotatable bonds is 4. The lowest BCUT2D eigenvalue weighted by Crippen LogP contribution is -2.22. The van der Waals surface area contributed by atoms with E-state index in [1.165, 1.54) is 13.0 Å². The normalized spacial score (nSPS) is 14.8. The van der Waals surface area contributed by atoms with Gasteiger partial charge in [0.15, 0.2) is 0 Å². The van der Waals surface area contributed by atoms with E-state index in [1.807, 2.05) is 0 Å². The van der Waals surface area contributed by atoms with E-state index in [0.29, 0.717) is 11.7 Å². The van der Waals surface area contributed by atoms with Crippen LogP contribution in [-0.2, 0) is 6.18 Å². The number of nitrogens with zero attached hydrogens (tertiary/aromatic N) is 2. The van der Waals surface area contributed by atoms with E-state index in [2.05, 4.69) is 5.10 Å². The number of hydrogen-bond donors (Lipinski definition) is 1. The van der Waals surface area contributed by atoms with Crippen LogP contribution < -0.4 is 5.56 Å². The van der Waals surface area contributed by atoms with Gasteiger partial charge in [0.2, 0.25) is 5.75 Å². The molecule has 3 rings (SSSR count). The molecule has 2 aromatic rings. The average Bonchev–Trinajstić information content (AvgIpc) is 3.35. The summed E-state index contributed by atoms with van der Waals surface area (Å²) in [6.07, 6.45) is -1.36. The first kappa shape index (κ1) is 18.1. The highest BCUT2D eigenvalue weighted by molar-refractivity contribution is 7.99. The summed E-state index contributed by atoms with van der Waals surface area (Å²) in [5.41, 5.74) is -1.14. The molecule has 1 N–H and O–H groups in total. The highest BCUT2D eigenvalue weighted by Gasteiger charge is 2.35. The second kappa shape index (κ2) is 6.57. The predicted molar refractivity (Wildman–Crippen MR) is 89.7 cm³/mol. The zero-order valence-electron chi connectivity index (χ0n) is 13.1. The Morgan fingerprint density at radius 1 is 1.40 bits per heavy atom. The van der Waals surface area contributed by atoms with Gasteiger partial charge in [-0.2, -0.15) is 23.0 Å².